The predicted octanol–water partition coefficient (Wildman–Crippen LogP) is 3.69. The van der Waals surface area contributed by atoms with Crippen LogP contribution in [0.4, 0.5) is 5.69 Å². The molecule has 0 aromatic heterocycles. The van der Waals surface area contributed by atoms with Crippen molar-refractivity contribution in [3.63, 3.8) is 0 Å². The van der Waals surface area contributed by atoms with Crippen molar-refractivity contribution in [1.82, 2.24) is 0 Å². The first-order chi connectivity index (χ1) is 6.61. The fourth-order valence-electron chi connectivity index (χ4n) is 1.24. The van der Waals surface area contributed by atoms with Gasteiger partial charge in [-0.1, -0.05) is 17.7 Å². The number of hydrogen-bond donors (Lipinski definition) is 0. The van der Waals surface area contributed by atoms with E-state index < -0.39 is 0 Å². The quantitative estimate of drug-likeness (QED) is 0.605. The molecular weight excluding hydrogens is 285 g/mol. The predicted molar refractivity (Wildman–Crippen MR) is 71.9 cm³/mol. The van der Waals surface area contributed by atoms with Crippen LogP contribution >= 0.6 is 22.6 Å². The smallest absolute Gasteiger partial charge is 0.0499 e. The lowest BCUT2D eigenvalue weighted by molar-refractivity contribution is 0.867. The van der Waals surface area contributed by atoms with Crippen molar-refractivity contribution in [1.29, 1.82) is 0 Å². The second kappa shape index (κ2) is 5.39. The van der Waals surface area contributed by atoms with Crippen molar-refractivity contribution < 1.29 is 0 Å². The van der Waals surface area contributed by atoms with Crippen molar-refractivity contribution in [3.05, 3.63) is 40.0 Å². The Labute approximate surface area is 100.0 Å². The third kappa shape index (κ3) is 3.33. The molecule has 0 aliphatic rings. The van der Waals surface area contributed by atoms with E-state index in [2.05, 4.69) is 72.3 Å². The van der Waals surface area contributed by atoms with E-state index in [0.717, 1.165) is 13.0 Å². The minimum atomic E-state index is 1.04. The molecule has 2 heteroatoms. The second-order valence-electron chi connectivity index (χ2n) is 3.58. The molecule has 76 valence electrons. The molecular formula is C12H16IN. The van der Waals surface area contributed by atoms with Crippen LogP contribution in [0.1, 0.15) is 13.3 Å². The van der Waals surface area contributed by atoms with Gasteiger partial charge < -0.3 is 4.90 Å². The van der Waals surface area contributed by atoms with Crippen LogP contribution in [0.2, 0.25) is 0 Å². The van der Waals surface area contributed by atoms with E-state index in [1.54, 1.807) is 0 Å². The lowest BCUT2D eigenvalue weighted by Crippen LogP contribution is -2.19. The van der Waals surface area contributed by atoms with E-state index in [-0.39, 0.29) is 0 Å². The number of para-hydroxylation sites is 1. The topological polar surface area (TPSA) is 3.24 Å². The Balaban J connectivity index is 2.65. The van der Waals surface area contributed by atoms with E-state index in [4.69, 9.17) is 0 Å². The Morgan fingerprint density at radius 3 is 2.64 bits per heavy atom. The summed E-state index contributed by atoms with van der Waals surface area (Å²) in [5.41, 5.74) is 2.54. The molecule has 0 saturated heterocycles. The first-order valence-corrected chi connectivity index (χ1v) is 5.79. The Morgan fingerprint density at radius 2 is 2.07 bits per heavy atom. The molecule has 0 atom stereocenters. The van der Waals surface area contributed by atoms with E-state index in [9.17, 15) is 0 Å². The lowest BCUT2D eigenvalue weighted by atomic mass is 10.2. The van der Waals surface area contributed by atoms with E-state index in [1.807, 2.05) is 0 Å². The number of halogens is 1. The number of anilines is 1. The Kier molecular flexibility index (Phi) is 4.45. The van der Waals surface area contributed by atoms with Crippen LogP contribution < -0.4 is 4.90 Å². The number of hydrogen-bond acceptors (Lipinski definition) is 1. The van der Waals surface area contributed by atoms with Crippen LogP contribution in [0, 0.1) is 3.57 Å². The number of nitrogens with zero attached hydrogens (tertiary/aromatic N) is 1. The molecule has 1 rings (SSSR count). The van der Waals surface area contributed by atoms with Gasteiger partial charge in [0, 0.05) is 22.8 Å². The normalized spacial score (nSPS) is 9.93. The van der Waals surface area contributed by atoms with Crippen LogP contribution in [0.25, 0.3) is 0 Å². The summed E-state index contributed by atoms with van der Waals surface area (Å²) in [7, 11) is 2.13. The van der Waals surface area contributed by atoms with Crippen molar-refractivity contribution >= 4 is 28.3 Å². The fraction of sp³-hybridized carbons (Fsp3) is 0.333. The summed E-state index contributed by atoms with van der Waals surface area (Å²) in [6.07, 6.45) is 1.06. The van der Waals surface area contributed by atoms with Gasteiger partial charge in [-0.15, -0.1) is 6.58 Å². The summed E-state index contributed by atoms with van der Waals surface area (Å²) >= 11 is 2.37. The molecule has 14 heavy (non-hydrogen) atoms. The molecule has 0 saturated carbocycles. The fourth-order valence-corrected chi connectivity index (χ4v) is 2.04. The van der Waals surface area contributed by atoms with Crippen LogP contribution in [-0.4, -0.2) is 13.6 Å². The molecule has 0 heterocycles. The summed E-state index contributed by atoms with van der Waals surface area (Å²) in [4.78, 5) is 2.27. The average molecular weight is 301 g/mol. The molecule has 0 amide bonds. The van der Waals surface area contributed by atoms with Gasteiger partial charge in [0.1, 0.15) is 0 Å². The summed E-state index contributed by atoms with van der Waals surface area (Å²) in [6.45, 7) is 7.02. The van der Waals surface area contributed by atoms with Crippen LogP contribution in [-0.2, 0) is 0 Å². The van der Waals surface area contributed by atoms with E-state index in [0.29, 0.717) is 0 Å². The highest BCUT2D eigenvalue weighted by Crippen LogP contribution is 2.21. The molecule has 0 fully saturated rings. The van der Waals surface area contributed by atoms with Crippen molar-refractivity contribution in [2.45, 2.75) is 13.3 Å². The molecule has 0 aliphatic heterocycles. The Morgan fingerprint density at radius 1 is 1.43 bits per heavy atom. The van der Waals surface area contributed by atoms with Crippen molar-refractivity contribution in [3.8, 4) is 0 Å². The summed E-state index contributed by atoms with van der Waals surface area (Å²) in [6, 6.07) is 8.43. The maximum absolute atomic E-state index is 3.91. The molecule has 1 aromatic carbocycles. The van der Waals surface area contributed by atoms with Crippen LogP contribution in [0.5, 0.6) is 0 Å². The Hall–Kier alpha value is -0.510. The monoisotopic (exact) mass is 301 g/mol. The second-order valence-corrected chi connectivity index (χ2v) is 4.74. The largest absolute Gasteiger partial charge is 0.373 e. The first-order valence-electron chi connectivity index (χ1n) is 4.71. The summed E-state index contributed by atoms with van der Waals surface area (Å²) < 4.78 is 1.30. The molecule has 1 aromatic rings. The standard InChI is InChI=1S/C12H16IN/c1-10(2)8-9-14(3)12-7-5-4-6-11(12)13/h4-7H,1,8-9H2,2-3H3. The molecule has 0 radical (unpaired) electrons. The van der Waals surface area contributed by atoms with Gasteiger partial charge in [-0.25, -0.2) is 0 Å². The van der Waals surface area contributed by atoms with Gasteiger partial charge in [0.25, 0.3) is 0 Å². The zero-order valence-corrected chi connectivity index (χ0v) is 10.9. The van der Waals surface area contributed by atoms with Crippen molar-refractivity contribution in [2.24, 2.45) is 0 Å². The zero-order chi connectivity index (χ0) is 10.6. The van der Waals surface area contributed by atoms with Gasteiger partial charge in [0.2, 0.25) is 0 Å². The van der Waals surface area contributed by atoms with Crippen LogP contribution in [0.3, 0.4) is 0 Å². The zero-order valence-electron chi connectivity index (χ0n) is 8.76. The maximum Gasteiger partial charge on any atom is 0.0499 e. The van der Waals surface area contributed by atoms with E-state index >= 15 is 0 Å². The van der Waals surface area contributed by atoms with E-state index in [1.165, 1.54) is 14.8 Å². The van der Waals surface area contributed by atoms with Gasteiger partial charge in [-0.3, -0.25) is 0 Å². The Bertz CT molecular complexity index is 320. The van der Waals surface area contributed by atoms with Gasteiger partial charge in [0.05, 0.1) is 0 Å². The first kappa shape index (κ1) is 11.6. The molecule has 0 unspecified atom stereocenters. The number of benzene rings is 1. The maximum atomic E-state index is 3.91. The van der Waals surface area contributed by atoms with Gasteiger partial charge >= 0.3 is 0 Å². The minimum Gasteiger partial charge on any atom is -0.373 e. The molecule has 0 N–H and O–H groups in total. The molecule has 0 bridgehead atoms. The highest BCUT2D eigenvalue weighted by Gasteiger charge is 2.03. The van der Waals surface area contributed by atoms with Gasteiger partial charge in [-0.2, -0.15) is 0 Å². The third-order valence-electron chi connectivity index (χ3n) is 2.14. The average Bonchev–Trinajstić information content (AvgIpc) is 2.15. The van der Waals surface area contributed by atoms with Crippen LogP contribution in [0.15, 0.2) is 36.4 Å². The number of rotatable bonds is 4. The van der Waals surface area contributed by atoms with Gasteiger partial charge in [-0.05, 0) is 48.1 Å². The van der Waals surface area contributed by atoms with Crippen molar-refractivity contribution in [2.75, 3.05) is 18.5 Å². The molecule has 0 aliphatic carbocycles. The lowest BCUT2D eigenvalue weighted by Gasteiger charge is -2.20. The molecule has 1 nitrogen and oxygen atoms in total. The summed E-state index contributed by atoms with van der Waals surface area (Å²) in [5, 5.41) is 0. The summed E-state index contributed by atoms with van der Waals surface area (Å²) in [5.74, 6) is 0. The highest BCUT2D eigenvalue weighted by atomic mass is 127. The minimum absolute atomic E-state index is 1.04. The molecule has 0 spiro atoms. The highest BCUT2D eigenvalue weighted by molar-refractivity contribution is 14.1. The third-order valence-corrected chi connectivity index (χ3v) is 3.05. The van der Waals surface area contributed by atoms with Gasteiger partial charge in [0.15, 0.2) is 0 Å². The SMILES string of the molecule is C=C(C)CCN(C)c1ccccc1I.